The summed E-state index contributed by atoms with van der Waals surface area (Å²) in [5, 5.41) is 4.14. The highest BCUT2D eigenvalue weighted by Gasteiger charge is 2.34. The van der Waals surface area contributed by atoms with E-state index in [0.29, 0.717) is 5.01 Å². The van der Waals surface area contributed by atoms with Crippen molar-refractivity contribution < 1.29 is 26.7 Å². The molecule has 0 amide bonds. The Labute approximate surface area is 173 Å². The molecule has 0 saturated carbocycles. The quantitative estimate of drug-likeness (QED) is 0.544. The molecule has 14 heteroatoms. The van der Waals surface area contributed by atoms with Gasteiger partial charge in [0.05, 0.1) is 24.9 Å². The van der Waals surface area contributed by atoms with E-state index in [1.807, 2.05) is 0 Å². The Hall–Kier alpha value is -2.42. The van der Waals surface area contributed by atoms with E-state index >= 15 is 0 Å². The van der Waals surface area contributed by atoms with E-state index in [0.717, 1.165) is 28.2 Å². The standard InChI is InChI=1S/C16H16F2N6O4S2/c1-9(25)4-13-19-6-14(29-13)30(26,27)23-2-3-28-12(7-23)10-5-11(15(17)18)24-16(22-10)20-8-21-24/h5-6,8,12,15H,2-4,7H2,1H3. The van der Waals surface area contributed by atoms with Gasteiger partial charge in [0.25, 0.3) is 22.2 Å². The maximum atomic E-state index is 13.4. The number of morpholine rings is 1. The van der Waals surface area contributed by atoms with Crippen LogP contribution in [-0.2, 0) is 26.0 Å². The Balaban J connectivity index is 1.61. The van der Waals surface area contributed by atoms with E-state index in [1.165, 1.54) is 17.4 Å². The lowest BCUT2D eigenvalue weighted by atomic mass is 10.2. The van der Waals surface area contributed by atoms with Crippen molar-refractivity contribution in [3.63, 3.8) is 0 Å². The normalized spacial score (nSPS) is 18.3. The van der Waals surface area contributed by atoms with Crippen LogP contribution < -0.4 is 0 Å². The van der Waals surface area contributed by atoms with Crippen molar-refractivity contribution >= 4 is 32.9 Å². The van der Waals surface area contributed by atoms with E-state index in [2.05, 4.69) is 20.1 Å². The first-order valence-electron chi connectivity index (χ1n) is 8.80. The number of nitrogens with zero attached hydrogens (tertiary/aromatic N) is 6. The van der Waals surface area contributed by atoms with Crippen molar-refractivity contribution in [2.75, 3.05) is 19.7 Å². The Morgan fingerprint density at radius 3 is 2.93 bits per heavy atom. The average Bonchev–Trinajstić information content (AvgIpc) is 3.36. The highest BCUT2D eigenvalue weighted by atomic mass is 32.2. The van der Waals surface area contributed by atoms with Crippen LogP contribution in [0.1, 0.15) is 35.8 Å². The predicted octanol–water partition coefficient (Wildman–Crippen LogP) is 1.41. The number of alkyl halides is 2. The Morgan fingerprint density at radius 2 is 2.20 bits per heavy atom. The summed E-state index contributed by atoms with van der Waals surface area (Å²) < 4.78 is 60.6. The molecule has 0 radical (unpaired) electrons. The fraction of sp³-hybridized carbons (Fsp3) is 0.438. The number of halogens is 2. The van der Waals surface area contributed by atoms with Gasteiger partial charge in [-0.2, -0.15) is 18.9 Å². The highest BCUT2D eigenvalue weighted by Crippen LogP contribution is 2.30. The van der Waals surface area contributed by atoms with Crippen LogP contribution in [-0.4, -0.2) is 62.8 Å². The van der Waals surface area contributed by atoms with Gasteiger partial charge >= 0.3 is 0 Å². The van der Waals surface area contributed by atoms with Gasteiger partial charge in [-0.25, -0.2) is 27.2 Å². The van der Waals surface area contributed by atoms with Gasteiger partial charge < -0.3 is 4.74 Å². The molecule has 1 atom stereocenters. The first-order valence-corrected chi connectivity index (χ1v) is 11.1. The number of thiazole rings is 1. The predicted molar refractivity (Wildman–Crippen MR) is 99.7 cm³/mol. The molecule has 0 aliphatic carbocycles. The van der Waals surface area contributed by atoms with Crippen LogP contribution in [0.3, 0.4) is 0 Å². The molecular formula is C16H16F2N6O4S2. The van der Waals surface area contributed by atoms with Crippen molar-refractivity contribution in [3.8, 4) is 0 Å². The molecule has 0 spiro atoms. The largest absolute Gasteiger partial charge is 0.369 e. The molecule has 1 unspecified atom stereocenters. The third-order valence-electron chi connectivity index (χ3n) is 4.41. The maximum absolute atomic E-state index is 13.4. The van der Waals surface area contributed by atoms with Crippen molar-refractivity contribution in [2.45, 2.75) is 30.1 Å². The van der Waals surface area contributed by atoms with Gasteiger partial charge in [0.15, 0.2) is 4.21 Å². The fourth-order valence-corrected chi connectivity index (χ4v) is 5.86. The third-order valence-corrected chi connectivity index (χ3v) is 7.71. The molecule has 4 heterocycles. The molecule has 0 bridgehead atoms. The van der Waals surface area contributed by atoms with E-state index in [1.54, 1.807) is 0 Å². The second kappa shape index (κ2) is 8.02. The van der Waals surface area contributed by atoms with Gasteiger partial charge in [0, 0.05) is 13.1 Å². The number of carbonyl (C=O) groups is 1. The Kier molecular flexibility index (Phi) is 5.57. The summed E-state index contributed by atoms with van der Waals surface area (Å²) in [5.41, 5.74) is -0.264. The summed E-state index contributed by atoms with van der Waals surface area (Å²) in [6, 6.07) is 1.14. The number of carbonyl (C=O) groups excluding carboxylic acids is 1. The van der Waals surface area contributed by atoms with E-state index < -0.39 is 28.2 Å². The number of rotatable bonds is 6. The minimum atomic E-state index is -3.89. The van der Waals surface area contributed by atoms with Gasteiger partial charge in [-0.15, -0.1) is 11.3 Å². The Morgan fingerprint density at radius 1 is 1.40 bits per heavy atom. The Bertz CT molecular complexity index is 1200. The number of Topliss-reactive ketones (excluding diaryl/α,β-unsaturated/α-hetero) is 1. The minimum absolute atomic E-state index is 0.00791. The number of hydrogen-bond acceptors (Lipinski definition) is 9. The van der Waals surface area contributed by atoms with Crippen LogP contribution in [0.15, 0.2) is 22.8 Å². The van der Waals surface area contributed by atoms with Crippen molar-refractivity contribution in [3.05, 3.63) is 35.0 Å². The summed E-state index contributed by atoms with van der Waals surface area (Å²) >= 11 is 0.929. The molecule has 3 aromatic heterocycles. The number of hydrogen-bond donors (Lipinski definition) is 0. The molecule has 1 fully saturated rings. The second-order valence-electron chi connectivity index (χ2n) is 6.55. The third kappa shape index (κ3) is 3.95. The number of ether oxygens (including phenoxy) is 1. The summed E-state index contributed by atoms with van der Waals surface area (Å²) in [6.45, 7) is 1.44. The van der Waals surface area contributed by atoms with E-state index in [4.69, 9.17) is 4.74 Å². The molecule has 10 nitrogen and oxygen atoms in total. The van der Waals surface area contributed by atoms with Crippen molar-refractivity contribution in [2.24, 2.45) is 0 Å². The highest BCUT2D eigenvalue weighted by molar-refractivity contribution is 7.91. The topological polar surface area (TPSA) is 120 Å². The number of aromatic nitrogens is 5. The van der Waals surface area contributed by atoms with Crippen LogP contribution in [0.4, 0.5) is 8.78 Å². The smallest absolute Gasteiger partial charge is 0.280 e. The maximum Gasteiger partial charge on any atom is 0.280 e. The van der Waals surface area contributed by atoms with Gasteiger partial charge in [0.2, 0.25) is 0 Å². The zero-order valence-electron chi connectivity index (χ0n) is 15.6. The zero-order valence-corrected chi connectivity index (χ0v) is 17.2. The molecule has 0 aromatic carbocycles. The van der Waals surface area contributed by atoms with Crippen LogP contribution >= 0.6 is 11.3 Å². The lowest BCUT2D eigenvalue weighted by Crippen LogP contribution is -2.42. The summed E-state index contributed by atoms with van der Waals surface area (Å²) in [6.07, 6.45) is -1.28. The monoisotopic (exact) mass is 458 g/mol. The van der Waals surface area contributed by atoms with Gasteiger partial charge in [-0.05, 0) is 13.0 Å². The first-order chi connectivity index (χ1) is 14.3. The van der Waals surface area contributed by atoms with Crippen LogP contribution in [0.2, 0.25) is 0 Å². The van der Waals surface area contributed by atoms with Gasteiger partial charge in [-0.3, -0.25) is 4.79 Å². The molecule has 160 valence electrons. The lowest BCUT2D eigenvalue weighted by Gasteiger charge is -2.31. The molecule has 1 saturated heterocycles. The summed E-state index contributed by atoms with van der Waals surface area (Å²) in [4.78, 5) is 23.3. The molecule has 3 aromatic rings. The van der Waals surface area contributed by atoms with Crippen LogP contribution in [0.25, 0.3) is 5.78 Å². The van der Waals surface area contributed by atoms with Crippen molar-refractivity contribution in [1.29, 1.82) is 0 Å². The molecular weight excluding hydrogens is 442 g/mol. The average molecular weight is 458 g/mol. The molecule has 30 heavy (non-hydrogen) atoms. The molecule has 4 rings (SSSR count). The second-order valence-corrected chi connectivity index (χ2v) is 9.83. The van der Waals surface area contributed by atoms with Crippen LogP contribution in [0, 0.1) is 0 Å². The molecule has 0 N–H and O–H groups in total. The summed E-state index contributed by atoms with van der Waals surface area (Å²) in [5.74, 6) is -0.146. The fourth-order valence-electron chi connectivity index (χ4n) is 3.03. The lowest BCUT2D eigenvalue weighted by molar-refractivity contribution is -0.116. The van der Waals surface area contributed by atoms with Gasteiger partial charge in [0.1, 0.15) is 28.9 Å². The first kappa shape index (κ1) is 20.8. The molecule has 1 aliphatic heterocycles. The van der Waals surface area contributed by atoms with Crippen LogP contribution in [0.5, 0.6) is 0 Å². The SMILES string of the molecule is CC(=O)Cc1ncc(S(=O)(=O)N2CCOC(c3cc(C(F)F)n4ncnc4n3)C2)s1. The zero-order chi connectivity index (χ0) is 21.5. The summed E-state index contributed by atoms with van der Waals surface area (Å²) in [7, 11) is -3.89. The number of fused-ring (bicyclic) bond motifs is 1. The van der Waals surface area contributed by atoms with E-state index in [9.17, 15) is 22.0 Å². The molecule has 1 aliphatic rings. The van der Waals surface area contributed by atoms with Gasteiger partial charge in [-0.1, -0.05) is 0 Å². The number of ketones is 1. The van der Waals surface area contributed by atoms with Crippen molar-refractivity contribution in [1.82, 2.24) is 28.9 Å². The number of sulfonamides is 1. The van der Waals surface area contributed by atoms with E-state index in [-0.39, 0.29) is 47.6 Å². The minimum Gasteiger partial charge on any atom is -0.369 e.